The van der Waals surface area contributed by atoms with Crippen LogP contribution in [0.2, 0.25) is 0 Å². The van der Waals surface area contributed by atoms with Crippen LogP contribution in [0.3, 0.4) is 0 Å². The lowest BCUT2D eigenvalue weighted by molar-refractivity contribution is 0.282. The fourth-order valence-corrected chi connectivity index (χ4v) is 0.802. The highest BCUT2D eigenvalue weighted by molar-refractivity contribution is 5.39. The van der Waals surface area contributed by atoms with E-state index in [0.29, 0.717) is 0 Å². The lowest BCUT2D eigenvalue weighted by Crippen LogP contribution is -1.81. The Labute approximate surface area is 72.0 Å². The van der Waals surface area contributed by atoms with E-state index in [-0.39, 0.29) is 6.61 Å². The molecule has 0 amide bonds. The smallest absolute Gasteiger partial charge is 0.0681 e. The SMILES string of the molecule is C#CC#Cc1ccc(CO)cc1. The van der Waals surface area contributed by atoms with Gasteiger partial charge in [0.05, 0.1) is 6.61 Å². The molecule has 0 aliphatic carbocycles. The highest BCUT2D eigenvalue weighted by atomic mass is 16.3. The summed E-state index contributed by atoms with van der Waals surface area (Å²) < 4.78 is 0. The molecule has 1 aromatic rings. The third-order valence-electron chi connectivity index (χ3n) is 1.42. The van der Waals surface area contributed by atoms with Gasteiger partial charge in [0.1, 0.15) is 0 Å². The Morgan fingerprint density at radius 3 is 2.42 bits per heavy atom. The molecule has 1 aromatic carbocycles. The van der Waals surface area contributed by atoms with E-state index in [1.54, 1.807) is 0 Å². The number of aliphatic hydroxyl groups excluding tert-OH is 1. The molecule has 0 radical (unpaired) electrons. The molecule has 0 aromatic heterocycles. The second-order valence-corrected chi connectivity index (χ2v) is 2.25. The Balaban J connectivity index is 2.87. The van der Waals surface area contributed by atoms with Crippen LogP contribution >= 0.6 is 0 Å². The summed E-state index contributed by atoms with van der Waals surface area (Å²) >= 11 is 0. The van der Waals surface area contributed by atoms with E-state index in [0.717, 1.165) is 11.1 Å². The van der Waals surface area contributed by atoms with Crippen LogP contribution < -0.4 is 0 Å². The zero-order valence-corrected chi connectivity index (χ0v) is 6.54. The number of rotatable bonds is 1. The minimum atomic E-state index is 0.0584. The summed E-state index contributed by atoms with van der Waals surface area (Å²) in [7, 11) is 0. The summed E-state index contributed by atoms with van der Waals surface area (Å²) in [5.41, 5.74) is 1.74. The molecule has 0 spiro atoms. The average molecular weight is 156 g/mol. The monoisotopic (exact) mass is 156 g/mol. The van der Waals surface area contributed by atoms with Gasteiger partial charge in [0.15, 0.2) is 0 Å². The van der Waals surface area contributed by atoms with Gasteiger partial charge in [-0.05, 0) is 29.5 Å². The van der Waals surface area contributed by atoms with Gasteiger partial charge < -0.3 is 5.11 Å². The fraction of sp³-hybridized carbons (Fsp3) is 0.0909. The van der Waals surface area contributed by atoms with Crippen LogP contribution in [0.25, 0.3) is 0 Å². The molecule has 0 atom stereocenters. The van der Waals surface area contributed by atoms with Crippen molar-refractivity contribution in [3.8, 4) is 24.2 Å². The molecule has 1 N–H and O–H groups in total. The van der Waals surface area contributed by atoms with Crippen LogP contribution in [0.4, 0.5) is 0 Å². The van der Waals surface area contributed by atoms with E-state index < -0.39 is 0 Å². The predicted molar refractivity (Wildman–Crippen MR) is 48.1 cm³/mol. The van der Waals surface area contributed by atoms with Crippen LogP contribution in [0.15, 0.2) is 24.3 Å². The molecule has 0 aliphatic rings. The van der Waals surface area contributed by atoms with Gasteiger partial charge in [0.25, 0.3) is 0 Å². The first-order chi connectivity index (χ1) is 5.86. The summed E-state index contributed by atoms with van der Waals surface area (Å²) in [6.45, 7) is 0.0584. The highest BCUT2D eigenvalue weighted by Crippen LogP contribution is 2.02. The van der Waals surface area contributed by atoms with Gasteiger partial charge in [-0.3, -0.25) is 0 Å². The maximum Gasteiger partial charge on any atom is 0.0681 e. The molecule has 0 saturated heterocycles. The zero-order chi connectivity index (χ0) is 8.81. The molecule has 1 heteroatoms. The zero-order valence-electron chi connectivity index (χ0n) is 6.54. The van der Waals surface area contributed by atoms with E-state index in [1.807, 2.05) is 24.3 Å². The van der Waals surface area contributed by atoms with Crippen molar-refractivity contribution >= 4 is 0 Å². The van der Waals surface area contributed by atoms with Crippen molar-refractivity contribution in [1.82, 2.24) is 0 Å². The van der Waals surface area contributed by atoms with Gasteiger partial charge in [-0.2, -0.15) is 0 Å². The van der Waals surface area contributed by atoms with Gasteiger partial charge >= 0.3 is 0 Å². The Kier molecular flexibility index (Phi) is 2.96. The van der Waals surface area contributed by atoms with Crippen molar-refractivity contribution in [3.05, 3.63) is 35.4 Å². The first-order valence-corrected chi connectivity index (χ1v) is 3.53. The minimum Gasteiger partial charge on any atom is -0.392 e. The standard InChI is InChI=1S/C11H8O/c1-2-3-4-10-5-7-11(9-12)8-6-10/h1,5-8,12H,9H2. The second kappa shape index (κ2) is 4.23. The predicted octanol–water partition coefficient (Wildman–Crippen LogP) is 1.16. The van der Waals surface area contributed by atoms with Crippen LogP contribution in [-0.4, -0.2) is 5.11 Å². The summed E-state index contributed by atoms with van der Waals surface area (Å²) in [5.74, 6) is 7.53. The normalized spacial score (nSPS) is 8.00. The van der Waals surface area contributed by atoms with E-state index in [9.17, 15) is 0 Å². The molecule has 0 fully saturated rings. The lowest BCUT2D eigenvalue weighted by atomic mass is 10.1. The summed E-state index contributed by atoms with van der Waals surface area (Å²) in [6.07, 6.45) is 4.97. The quantitative estimate of drug-likeness (QED) is 0.605. The molecular formula is C11H8O. The van der Waals surface area contributed by atoms with Crippen molar-refractivity contribution in [2.24, 2.45) is 0 Å². The van der Waals surface area contributed by atoms with Gasteiger partial charge in [-0.15, -0.1) is 6.42 Å². The van der Waals surface area contributed by atoms with Gasteiger partial charge in [0.2, 0.25) is 0 Å². The molecule has 58 valence electrons. The van der Waals surface area contributed by atoms with E-state index in [4.69, 9.17) is 11.5 Å². The number of aliphatic hydroxyl groups is 1. The molecular weight excluding hydrogens is 148 g/mol. The van der Waals surface area contributed by atoms with Crippen LogP contribution in [-0.2, 0) is 6.61 Å². The Hall–Kier alpha value is -1.70. The van der Waals surface area contributed by atoms with Crippen molar-refractivity contribution in [2.45, 2.75) is 6.61 Å². The van der Waals surface area contributed by atoms with Crippen LogP contribution in [0.1, 0.15) is 11.1 Å². The molecule has 0 saturated carbocycles. The number of hydrogen-bond acceptors (Lipinski definition) is 1. The van der Waals surface area contributed by atoms with Crippen molar-refractivity contribution in [1.29, 1.82) is 0 Å². The van der Waals surface area contributed by atoms with Crippen molar-refractivity contribution < 1.29 is 5.11 Å². The Morgan fingerprint density at radius 2 is 1.92 bits per heavy atom. The second-order valence-electron chi connectivity index (χ2n) is 2.25. The topological polar surface area (TPSA) is 20.2 Å². The third-order valence-corrected chi connectivity index (χ3v) is 1.42. The largest absolute Gasteiger partial charge is 0.392 e. The Bertz CT molecular complexity index is 343. The van der Waals surface area contributed by atoms with E-state index >= 15 is 0 Å². The average Bonchev–Trinajstić information content (AvgIpc) is 2.15. The van der Waals surface area contributed by atoms with Gasteiger partial charge in [-0.25, -0.2) is 0 Å². The molecule has 0 aliphatic heterocycles. The first kappa shape index (κ1) is 8.40. The van der Waals surface area contributed by atoms with E-state index in [1.165, 1.54) is 0 Å². The summed E-state index contributed by atoms with van der Waals surface area (Å²) in [4.78, 5) is 0. The van der Waals surface area contributed by atoms with Crippen LogP contribution in [0.5, 0.6) is 0 Å². The maximum atomic E-state index is 8.74. The van der Waals surface area contributed by atoms with E-state index in [2.05, 4.69) is 17.8 Å². The minimum absolute atomic E-state index is 0.0584. The third kappa shape index (κ3) is 2.16. The summed E-state index contributed by atoms with van der Waals surface area (Å²) in [5, 5.41) is 8.74. The maximum absolute atomic E-state index is 8.74. The highest BCUT2D eigenvalue weighted by Gasteiger charge is 1.88. The lowest BCUT2D eigenvalue weighted by Gasteiger charge is -1.93. The molecule has 0 bridgehead atoms. The molecule has 0 heterocycles. The number of terminal acetylenes is 1. The van der Waals surface area contributed by atoms with Crippen molar-refractivity contribution in [3.63, 3.8) is 0 Å². The molecule has 1 rings (SSSR count). The number of hydrogen-bond donors (Lipinski definition) is 1. The first-order valence-electron chi connectivity index (χ1n) is 3.53. The van der Waals surface area contributed by atoms with Gasteiger partial charge in [0, 0.05) is 5.56 Å². The molecule has 12 heavy (non-hydrogen) atoms. The number of benzene rings is 1. The Morgan fingerprint density at radius 1 is 1.25 bits per heavy atom. The molecule has 0 unspecified atom stereocenters. The summed E-state index contributed by atoms with van der Waals surface area (Å²) in [6, 6.07) is 7.30. The van der Waals surface area contributed by atoms with Crippen LogP contribution in [0, 0.1) is 24.2 Å². The molecule has 1 nitrogen and oxygen atoms in total. The van der Waals surface area contributed by atoms with Crippen molar-refractivity contribution in [2.75, 3.05) is 0 Å². The fourth-order valence-electron chi connectivity index (χ4n) is 0.802. The van der Waals surface area contributed by atoms with Gasteiger partial charge in [-0.1, -0.05) is 18.1 Å².